The molecule has 1 aromatic carbocycles. The summed E-state index contributed by atoms with van der Waals surface area (Å²) >= 11 is 0. The molecule has 1 saturated heterocycles. The lowest BCUT2D eigenvalue weighted by Gasteiger charge is -2.26. The van der Waals surface area contributed by atoms with E-state index < -0.39 is 0 Å². The van der Waals surface area contributed by atoms with Gasteiger partial charge in [-0.3, -0.25) is 9.59 Å². The lowest BCUT2D eigenvalue weighted by Crippen LogP contribution is -2.41. The first-order chi connectivity index (χ1) is 9.58. The zero-order valence-corrected chi connectivity index (χ0v) is 12.1. The highest BCUT2D eigenvalue weighted by molar-refractivity contribution is 5.84. The molecule has 1 fully saturated rings. The van der Waals surface area contributed by atoms with Crippen LogP contribution in [0.25, 0.3) is 0 Å². The fourth-order valence-corrected chi connectivity index (χ4v) is 2.33. The van der Waals surface area contributed by atoms with Crippen molar-refractivity contribution in [3.05, 3.63) is 29.8 Å². The smallest absolute Gasteiger partial charge is 0.260 e. The van der Waals surface area contributed by atoms with Gasteiger partial charge in [0.2, 0.25) is 0 Å². The lowest BCUT2D eigenvalue weighted by atomic mass is 10.0. The number of amides is 1. The monoisotopic (exact) mass is 275 g/mol. The van der Waals surface area contributed by atoms with E-state index in [1.165, 1.54) is 0 Å². The van der Waals surface area contributed by atoms with E-state index in [9.17, 15) is 9.59 Å². The van der Waals surface area contributed by atoms with Crippen molar-refractivity contribution >= 4 is 11.7 Å². The first kappa shape index (κ1) is 14.6. The summed E-state index contributed by atoms with van der Waals surface area (Å²) < 4.78 is 5.66. The van der Waals surface area contributed by atoms with Crippen LogP contribution in [-0.2, 0) is 9.59 Å². The van der Waals surface area contributed by atoms with Gasteiger partial charge in [0.1, 0.15) is 11.5 Å². The van der Waals surface area contributed by atoms with Crippen LogP contribution in [0.5, 0.6) is 5.75 Å². The van der Waals surface area contributed by atoms with E-state index in [2.05, 4.69) is 13.8 Å². The molecule has 1 aliphatic rings. The Hall–Kier alpha value is -1.84. The number of piperidine rings is 1. The number of likely N-dealkylation sites (tertiary alicyclic amines) is 1. The van der Waals surface area contributed by atoms with Gasteiger partial charge < -0.3 is 9.64 Å². The second kappa shape index (κ2) is 6.55. The van der Waals surface area contributed by atoms with E-state index in [1.807, 2.05) is 24.3 Å². The molecule has 0 aliphatic carbocycles. The van der Waals surface area contributed by atoms with Crippen LogP contribution in [0.2, 0.25) is 0 Å². The van der Waals surface area contributed by atoms with Crippen molar-refractivity contribution in [1.82, 2.24) is 4.90 Å². The van der Waals surface area contributed by atoms with E-state index >= 15 is 0 Å². The third-order valence-electron chi connectivity index (χ3n) is 3.57. The molecule has 0 unspecified atom stereocenters. The predicted octanol–water partition coefficient (Wildman–Crippen LogP) is 2.38. The molecule has 0 aromatic heterocycles. The van der Waals surface area contributed by atoms with Gasteiger partial charge in [-0.2, -0.15) is 0 Å². The normalized spacial score (nSPS) is 15.6. The molecular weight excluding hydrogens is 254 g/mol. The van der Waals surface area contributed by atoms with Crippen LogP contribution < -0.4 is 4.74 Å². The van der Waals surface area contributed by atoms with Crippen molar-refractivity contribution < 1.29 is 14.3 Å². The Morgan fingerprint density at radius 3 is 2.55 bits per heavy atom. The van der Waals surface area contributed by atoms with Crippen molar-refractivity contribution in [2.75, 3.05) is 19.7 Å². The molecule has 0 spiro atoms. The zero-order chi connectivity index (χ0) is 14.5. The third kappa shape index (κ3) is 3.59. The van der Waals surface area contributed by atoms with Crippen LogP contribution in [0, 0.1) is 0 Å². The molecule has 20 heavy (non-hydrogen) atoms. The van der Waals surface area contributed by atoms with E-state index in [1.54, 1.807) is 4.90 Å². The third-order valence-corrected chi connectivity index (χ3v) is 3.57. The highest BCUT2D eigenvalue weighted by Gasteiger charge is 2.21. The molecule has 1 aliphatic heterocycles. The van der Waals surface area contributed by atoms with E-state index in [-0.39, 0.29) is 18.3 Å². The SMILES string of the molecule is CC(C)c1ccccc1OCC(=O)N1CCC(=O)CC1. The highest BCUT2D eigenvalue weighted by atomic mass is 16.5. The summed E-state index contributed by atoms with van der Waals surface area (Å²) in [4.78, 5) is 24.9. The summed E-state index contributed by atoms with van der Waals surface area (Å²) in [5.41, 5.74) is 1.11. The standard InChI is InChI=1S/C16H21NO3/c1-12(2)14-5-3-4-6-15(14)20-11-16(19)17-9-7-13(18)8-10-17/h3-6,12H,7-11H2,1-2H3. The average Bonchev–Trinajstić information content (AvgIpc) is 2.45. The van der Waals surface area contributed by atoms with Crippen LogP contribution in [0.1, 0.15) is 38.2 Å². The Labute approximate surface area is 119 Å². The fraction of sp³-hybridized carbons (Fsp3) is 0.500. The average molecular weight is 275 g/mol. The fourth-order valence-electron chi connectivity index (χ4n) is 2.33. The van der Waals surface area contributed by atoms with Crippen LogP contribution in [0.4, 0.5) is 0 Å². The van der Waals surface area contributed by atoms with E-state index in [4.69, 9.17) is 4.74 Å². The van der Waals surface area contributed by atoms with Gasteiger partial charge in [-0.1, -0.05) is 32.0 Å². The number of Topliss-reactive ketones (excluding diaryl/α,β-unsaturated/α-hetero) is 1. The number of ether oxygens (including phenoxy) is 1. The lowest BCUT2D eigenvalue weighted by molar-refractivity contribution is -0.136. The maximum absolute atomic E-state index is 12.0. The van der Waals surface area contributed by atoms with Gasteiger partial charge in [-0.05, 0) is 17.5 Å². The summed E-state index contributed by atoms with van der Waals surface area (Å²) in [7, 11) is 0. The van der Waals surface area contributed by atoms with Crippen molar-refractivity contribution in [2.45, 2.75) is 32.6 Å². The minimum atomic E-state index is -0.0453. The largest absolute Gasteiger partial charge is 0.483 e. The van der Waals surface area contributed by atoms with Gasteiger partial charge in [0.05, 0.1) is 0 Å². The number of carbonyl (C=O) groups is 2. The summed E-state index contributed by atoms with van der Waals surface area (Å²) in [5, 5.41) is 0. The maximum Gasteiger partial charge on any atom is 0.260 e. The van der Waals surface area contributed by atoms with Gasteiger partial charge in [-0.15, -0.1) is 0 Å². The Morgan fingerprint density at radius 1 is 1.25 bits per heavy atom. The molecule has 2 rings (SSSR count). The summed E-state index contributed by atoms with van der Waals surface area (Å²) in [6, 6.07) is 7.79. The van der Waals surface area contributed by atoms with Gasteiger partial charge >= 0.3 is 0 Å². The number of hydrogen-bond acceptors (Lipinski definition) is 3. The van der Waals surface area contributed by atoms with Crippen LogP contribution in [-0.4, -0.2) is 36.3 Å². The minimum Gasteiger partial charge on any atom is -0.483 e. The first-order valence-corrected chi connectivity index (χ1v) is 7.09. The summed E-state index contributed by atoms with van der Waals surface area (Å²) in [5.74, 6) is 1.31. The van der Waals surface area contributed by atoms with Crippen molar-refractivity contribution in [3.8, 4) is 5.75 Å². The number of rotatable bonds is 4. The van der Waals surface area contributed by atoms with Gasteiger partial charge in [0.15, 0.2) is 6.61 Å². The second-order valence-electron chi connectivity index (χ2n) is 5.40. The second-order valence-corrected chi connectivity index (χ2v) is 5.40. The molecule has 1 heterocycles. The van der Waals surface area contributed by atoms with Crippen molar-refractivity contribution in [1.29, 1.82) is 0 Å². The molecule has 0 atom stereocenters. The molecule has 0 N–H and O–H groups in total. The number of nitrogens with zero attached hydrogens (tertiary/aromatic N) is 1. The van der Waals surface area contributed by atoms with Crippen LogP contribution in [0.15, 0.2) is 24.3 Å². The molecule has 4 nitrogen and oxygen atoms in total. The number of carbonyl (C=O) groups excluding carboxylic acids is 2. The van der Waals surface area contributed by atoms with Crippen LogP contribution in [0.3, 0.4) is 0 Å². The van der Waals surface area contributed by atoms with Crippen molar-refractivity contribution in [2.24, 2.45) is 0 Å². The minimum absolute atomic E-state index is 0.0396. The number of benzene rings is 1. The number of ketones is 1. The Bertz CT molecular complexity index is 486. The first-order valence-electron chi connectivity index (χ1n) is 7.09. The molecule has 1 amide bonds. The zero-order valence-electron chi connectivity index (χ0n) is 12.1. The highest BCUT2D eigenvalue weighted by Crippen LogP contribution is 2.25. The van der Waals surface area contributed by atoms with Crippen molar-refractivity contribution in [3.63, 3.8) is 0 Å². The van der Waals surface area contributed by atoms with Gasteiger partial charge in [0.25, 0.3) is 5.91 Å². The van der Waals surface area contributed by atoms with E-state index in [0.717, 1.165) is 11.3 Å². The molecule has 0 radical (unpaired) electrons. The summed E-state index contributed by atoms with van der Waals surface area (Å²) in [6.45, 7) is 5.28. The van der Waals surface area contributed by atoms with Crippen LogP contribution >= 0.6 is 0 Å². The topological polar surface area (TPSA) is 46.6 Å². The molecule has 4 heteroatoms. The maximum atomic E-state index is 12.0. The van der Waals surface area contributed by atoms with Gasteiger partial charge in [-0.25, -0.2) is 0 Å². The summed E-state index contributed by atoms with van der Waals surface area (Å²) in [6.07, 6.45) is 0.933. The Balaban J connectivity index is 1.92. The number of para-hydroxylation sites is 1. The molecule has 1 aromatic rings. The molecule has 0 bridgehead atoms. The molecule has 108 valence electrons. The molecule has 0 saturated carbocycles. The number of hydrogen-bond donors (Lipinski definition) is 0. The Morgan fingerprint density at radius 2 is 1.90 bits per heavy atom. The Kier molecular flexibility index (Phi) is 4.77. The van der Waals surface area contributed by atoms with E-state index in [0.29, 0.717) is 31.8 Å². The predicted molar refractivity (Wildman–Crippen MR) is 76.8 cm³/mol. The quantitative estimate of drug-likeness (QED) is 0.847. The van der Waals surface area contributed by atoms with Gasteiger partial charge in [0, 0.05) is 25.9 Å². The molecular formula is C16H21NO3.